The number of fused-ring (bicyclic) bond motifs is 4. The summed E-state index contributed by atoms with van der Waals surface area (Å²) in [5.74, 6) is 1.93. The molecule has 60 heavy (non-hydrogen) atoms. The first-order valence-corrected chi connectivity index (χ1v) is 21.1. The molecule has 1 aromatic heterocycles. The molecule has 5 nitrogen and oxygen atoms in total. The third-order valence-corrected chi connectivity index (χ3v) is 12.8. The van der Waals surface area contributed by atoms with Crippen molar-refractivity contribution in [2.45, 2.75) is 29.1 Å². The van der Waals surface area contributed by atoms with Crippen molar-refractivity contribution in [1.29, 1.82) is 0 Å². The highest BCUT2D eigenvalue weighted by molar-refractivity contribution is 7.99. The molecule has 6 heteroatoms. The molecule has 0 saturated heterocycles. The highest BCUT2D eigenvalue weighted by Crippen LogP contribution is 2.55. The normalized spacial score (nSPS) is 13.5. The molecule has 11 rings (SSSR count). The van der Waals surface area contributed by atoms with Crippen molar-refractivity contribution in [2.24, 2.45) is 0 Å². The number of benzene rings is 8. The maximum atomic E-state index is 4.98. The van der Waals surface area contributed by atoms with Crippen LogP contribution in [0, 0.1) is 0 Å². The zero-order valence-electron chi connectivity index (χ0n) is 33.2. The van der Waals surface area contributed by atoms with Gasteiger partial charge in [-0.05, 0) is 101 Å². The molecule has 0 atom stereocenters. The second-order valence-corrected chi connectivity index (χ2v) is 16.8. The lowest BCUT2D eigenvalue weighted by Crippen LogP contribution is -2.30. The van der Waals surface area contributed by atoms with Gasteiger partial charge in [-0.15, -0.1) is 0 Å². The van der Waals surface area contributed by atoms with Gasteiger partial charge in [0.25, 0.3) is 0 Å². The minimum atomic E-state index is -0.189. The van der Waals surface area contributed by atoms with Crippen molar-refractivity contribution in [2.75, 3.05) is 9.80 Å². The average molecular weight is 790 g/mol. The molecule has 8 aromatic carbocycles. The molecular weight excluding hydrogens is 751 g/mol. The minimum absolute atomic E-state index is 0.189. The lowest BCUT2D eigenvalue weighted by Gasteiger charge is -2.42. The van der Waals surface area contributed by atoms with Gasteiger partial charge in [-0.2, -0.15) is 0 Å². The molecule has 0 bridgehead atoms. The Morgan fingerprint density at radius 2 is 0.783 bits per heavy atom. The molecule has 9 aromatic rings. The van der Waals surface area contributed by atoms with E-state index in [-0.39, 0.29) is 5.41 Å². The van der Waals surface area contributed by atoms with Crippen molar-refractivity contribution in [3.05, 3.63) is 211 Å². The maximum absolute atomic E-state index is 4.98. The van der Waals surface area contributed by atoms with Crippen molar-refractivity contribution >= 4 is 45.9 Å². The minimum Gasteiger partial charge on any atom is -0.310 e. The summed E-state index contributed by atoms with van der Waals surface area (Å²) in [6.45, 7) is 4.70. The zero-order chi connectivity index (χ0) is 40.2. The maximum Gasteiger partial charge on any atom is 0.164 e. The average Bonchev–Trinajstić information content (AvgIpc) is 3.31. The van der Waals surface area contributed by atoms with Crippen LogP contribution in [0.5, 0.6) is 0 Å². The lowest BCUT2D eigenvalue weighted by molar-refractivity contribution is 0.632. The molecule has 2 aliphatic heterocycles. The summed E-state index contributed by atoms with van der Waals surface area (Å²) in [5.41, 5.74) is 14.6. The Morgan fingerprint density at radius 1 is 0.350 bits per heavy atom. The summed E-state index contributed by atoms with van der Waals surface area (Å²) in [4.78, 5) is 22.0. The highest BCUT2D eigenvalue weighted by Gasteiger charge is 2.37. The van der Waals surface area contributed by atoms with Gasteiger partial charge in [-0.1, -0.05) is 147 Å². The van der Waals surface area contributed by atoms with Gasteiger partial charge < -0.3 is 9.80 Å². The third-order valence-electron chi connectivity index (χ3n) is 11.7. The van der Waals surface area contributed by atoms with Gasteiger partial charge in [0.2, 0.25) is 0 Å². The quantitative estimate of drug-likeness (QED) is 0.167. The Hall–Kier alpha value is -7.28. The van der Waals surface area contributed by atoms with E-state index in [1.54, 1.807) is 0 Å². The number of anilines is 6. The highest BCUT2D eigenvalue weighted by atomic mass is 32.2. The first-order chi connectivity index (χ1) is 29.5. The summed E-state index contributed by atoms with van der Waals surface area (Å²) in [6.07, 6.45) is 0. The van der Waals surface area contributed by atoms with Gasteiger partial charge in [0, 0.05) is 43.3 Å². The number of aromatic nitrogens is 3. The number of hydrogen-bond donors (Lipinski definition) is 0. The van der Waals surface area contributed by atoms with Crippen LogP contribution in [-0.4, -0.2) is 15.0 Å². The largest absolute Gasteiger partial charge is 0.310 e. The van der Waals surface area contributed by atoms with Gasteiger partial charge in [0.05, 0.1) is 22.7 Å². The lowest BCUT2D eigenvalue weighted by atomic mass is 9.73. The van der Waals surface area contributed by atoms with E-state index in [0.29, 0.717) is 17.5 Å². The molecule has 0 aliphatic carbocycles. The van der Waals surface area contributed by atoms with Crippen LogP contribution in [0.25, 0.3) is 45.3 Å². The molecule has 0 amide bonds. The Bertz CT molecular complexity index is 2980. The topological polar surface area (TPSA) is 45.2 Å². The van der Waals surface area contributed by atoms with E-state index in [1.165, 1.54) is 43.4 Å². The van der Waals surface area contributed by atoms with Crippen LogP contribution < -0.4 is 9.80 Å². The fourth-order valence-corrected chi connectivity index (χ4v) is 9.75. The summed E-state index contributed by atoms with van der Waals surface area (Å²) in [5, 5.41) is 0. The molecule has 0 spiro atoms. The van der Waals surface area contributed by atoms with Crippen molar-refractivity contribution in [1.82, 2.24) is 15.0 Å². The van der Waals surface area contributed by atoms with Crippen molar-refractivity contribution < 1.29 is 0 Å². The summed E-state index contributed by atoms with van der Waals surface area (Å²) in [6, 6.07) is 70.9. The fourth-order valence-electron chi connectivity index (χ4n) is 8.65. The Kier molecular flexibility index (Phi) is 8.68. The number of hydrogen-bond acceptors (Lipinski definition) is 6. The Morgan fingerprint density at radius 3 is 1.43 bits per heavy atom. The SMILES string of the molecule is CC1(C)c2ccccc2N(c2ccccc2)c2ccc(-c3ccc4c(c3)Sc3ccccc3N4c3ccc(-c4nc(-c5ccccc5)nc(-c5ccccc5)n4)cc3)cc21. The standard InChI is InChI=1S/C54H39N5S/c1-54(2)43-22-12-13-23-45(43)58(41-20-10-5-11-21-41)46-32-28-39(34-44(46)54)40-29-33-48-50(35-40)60-49-25-15-14-24-47(49)59(48)42-30-26-38(27-31-42)53-56-51(36-16-6-3-7-17-36)55-52(57-53)37-18-8-4-9-19-37/h3-35H,1-2H3. The van der Waals surface area contributed by atoms with E-state index < -0.39 is 0 Å². The predicted molar refractivity (Wildman–Crippen MR) is 247 cm³/mol. The smallest absolute Gasteiger partial charge is 0.164 e. The van der Waals surface area contributed by atoms with Gasteiger partial charge in [-0.3, -0.25) is 0 Å². The van der Waals surface area contributed by atoms with E-state index in [2.05, 4.69) is 163 Å². The van der Waals surface area contributed by atoms with E-state index in [4.69, 9.17) is 15.0 Å². The van der Waals surface area contributed by atoms with Crippen LogP contribution in [0.15, 0.2) is 210 Å². The van der Waals surface area contributed by atoms with Crippen LogP contribution in [0.4, 0.5) is 34.1 Å². The third kappa shape index (κ3) is 6.16. The number of nitrogens with zero attached hydrogens (tertiary/aromatic N) is 5. The monoisotopic (exact) mass is 789 g/mol. The molecule has 0 radical (unpaired) electrons. The van der Waals surface area contributed by atoms with Crippen LogP contribution in [0.1, 0.15) is 25.0 Å². The van der Waals surface area contributed by atoms with Crippen LogP contribution >= 0.6 is 11.8 Å². The van der Waals surface area contributed by atoms with E-state index in [1.807, 2.05) is 72.4 Å². The van der Waals surface area contributed by atoms with E-state index >= 15 is 0 Å². The van der Waals surface area contributed by atoms with Crippen LogP contribution in [0.3, 0.4) is 0 Å². The Labute approximate surface area is 354 Å². The number of rotatable bonds is 6. The van der Waals surface area contributed by atoms with Gasteiger partial charge >= 0.3 is 0 Å². The summed E-state index contributed by atoms with van der Waals surface area (Å²) >= 11 is 1.83. The second kappa shape index (κ2) is 14.5. The molecule has 3 heterocycles. The van der Waals surface area contributed by atoms with Crippen LogP contribution in [-0.2, 0) is 5.41 Å². The Balaban J connectivity index is 0.971. The first-order valence-electron chi connectivity index (χ1n) is 20.3. The second-order valence-electron chi connectivity index (χ2n) is 15.7. The number of para-hydroxylation sites is 3. The van der Waals surface area contributed by atoms with Gasteiger partial charge in [0.1, 0.15) is 0 Å². The fraction of sp³-hybridized carbons (Fsp3) is 0.0556. The van der Waals surface area contributed by atoms with E-state index in [0.717, 1.165) is 39.4 Å². The molecule has 0 N–H and O–H groups in total. The molecule has 0 fully saturated rings. The molecule has 0 unspecified atom stereocenters. The summed E-state index contributed by atoms with van der Waals surface area (Å²) < 4.78 is 0. The van der Waals surface area contributed by atoms with Crippen molar-refractivity contribution in [3.63, 3.8) is 0 Å². The van der Waals surface area contributed by atoms with Gasteiger partial charge in [0.15, 0.2) is 17.5 Å². The molecule has 2 aliphatic rings. The van der Waals surface area contributed by atoms with Crippen LogP contribution in [0.2, 0.25) is 0 Å². The molecular formula is C54H39N5S. The summed E-state index contributed by atoms with van der Waals surface area (Å²) in [7, 11) is 0. The molecule has 286 valence electrons. The first kappa shape index (κ1) is 35.8. The van der Waals surface area contributed by atoms with E-state index in [9.17, 15) is 0 Å². The predicted octanol–water partition coefficient (Wildman–Crippen LogP) is 14.6. The zero-order valence-corrected chi connectivity index (χ0v) is 34.0. The molecule has 0 saturated carbocycles. The van der Waals surface area contributed by atoms with Crippen molar-refractivity contribution in [3.8, 4) is 45.3 Å². The van der Waals surface area contributed by atoms with Gasteiger partial charge in [-0.25, -0.2) is 15.0 Å².